The third-order valence-electron chi connectivity index (χ3n) is 10.9. The molecule has 3 nitrogen and oxygen atoms in total. The molecule has 2 heterocycles. The monoisotopic (exact) mass is 703 g/mol. The van der Waals surface area contributed by atoms with E-state index in [1.807, 2.05) is 24.3 Å². The molecule has 0 spiro atoms. The van der Waals surface area contributed by atoms with Gasteiger partial charge in [-0.1, -0.05) is 146 Å². The van der Waals surface area contributed by atoms with Crippen LogP contribution in [0.3, 0.4) is 0 Å². The lowest BCUT2D eigenvalue weighted by Gasteiger charge is -2.28. The number of furan rings is 2. The van der Waals surface area contributed by atoms with Crippen molar-refractivity contribution in [3.05, 3.63) is 200 Å². The summed E-state index contributed by atoms with van der Waals surface area (Å²) in [5.41, 5.74) is 13.8. The molecule has 0 aliphatic carbocycles. The van der Waals surface area contributed by atoms with Gasteiger partial charge in [0.05, 0.1) is 5.69 Å². The first-order chi connectivity index (χ1) is 27.3. The Morgan fingerprint density at radius 3 is 1.58 bits per heavy atom. The highest BCUT2D eigenvalue weighted by atomic mass is 16.3. The van der Waals surface area contributed by atoms with Gasteiger partial charge in [-0.2, -0.15) is 0 Å². The molecule has 9 aromatic carbocycles. The maximum atomic E-state index is 6.66. The van der Waals surface area contributed by atoms with Gasteiger partial charge in [0.25, 0.3) is 0 Å². The molecule has 0 unspecified atom stereocenters. The third-order valence-corrected chi connectivity index (χ3v) is 10.9. The number of benzene rings is 9. The smallest absolute Gasteiger partial charge is 0.136 e. The molecule has 0 saturated heterocycles. The Morgan fingerprint density at radius 1 is 0.291 bits per heavy atom. The van der Waals surface area contributed by atoms with Crippen LogP contribution in [0.1, 0.15) is 0 Å². The topological polar surface area (TPSA) is 29.5 Å². The predicted molar refractivity (Wildman–Crippen MR) is 229 cm³/mol. The molecular formula is C52H33NO2. The van der Waals surface area contributed by atoms with E-state index in [0.29, 0.717) is 0 Å². The third kappa shape index (κ3) is 5.13. The molecule has 0 aliphatic rings. The molecule has 0 aliphatic heterocycles. The van der Waals surface area contributed by atoms with E-state index in [9.17, 15) is 0 Å². The van der Waals surface area contributed by atoms with Crippen molar-refractivity contribution in [3.8, 4) is 33.4 Å². The summed E-state index contributed by atoms with van der Waals surface area (Å²) >= 11 is 0. The second-order valence-electron chi connectivity index (χ2n) is 14.0. The van der Waals surface area contributed by atoms with Gasteiger partial charge in [0, 0.05) is 38.5 Å². The quantitative estimate of drug-likeness (QED) is 0.173. The summed E-state index contributed by atoms with van der Waals surface area (Å²) in [5, 5.41) is 6.76. The van der Waals surface area contributed by atoms with Crippen LogP contribution in [0.25, 0.3) is 88.0 Å². The minimum absolute atomic E-state index is 0.860. The largest absolute Gasteiger partial charge is 0.456 e. The Bertz CT molecular complexity index is 3180. The fourth-order valence-corrected chi connectivity index (χ4v) is 8.36. The van der Waals surface area contributed by atoms with E-state index in [-0.39, 0.29) is 0 Å². The minimum atomic E-state index is 0.860. The highest BCUT2D eigenvalue weighted by Gasteiger charge is 2.21. The van der Waals surface area contributed by atoms with Crippen LogP contribution in [-0.4, -0.2) is 0 Å². The number of para-hydroxylation sites is 3. The standard InChI is InChI=1S/C52H33NO2/c1-3-13-34(14-4-1)35-23-25-36(26-24-35)40-17-9-11-21-45(40)53(38-15-5-2-6-16-38)39-29-27-37(28-30-39)44-33-49-50(42-19-8-7-18-41(42)44)52-48(55-49)32-31-47-51(52)43-20-10-12-22-46(43)54-47/h1-33H. The fraction of sp³-hybridized carbons (Fsp3) is 0. The first-order valence-corrected chi connectivity index (χ1v) is 18.7. The van der Waals surface area contributed by atoms with E-state index >= 15 is 0 Å². The van der Waals surface area contributed by atoms with Crippen LogP contribution in [0.2, 0.25) is 0 Å². The summed E-state index contributed by atoms with van der Waals surface area (Å²) in [6, 6.07) is 70.8. The fourth-order valence-electron chi connectivity index (χ4n) is 8.36. The lowest BCUT2D eigenvalue weighted by Crippen LogP contribution is -2.11. The van der Waals surface area contributed by atoms with E-state index in [1.165, 1.54) is 22.1 Å². The number of anilines is 3. The SMILES string of the molecule is c1ccc(-c2ccc(-c3ccccc3N(c3ccccc3)c3ccc(-c4cc5oc6ccc7oc8ccccc8c7c6c5c5ccccc45)cc3)cc2)cc1. The Hall–Kier alpha value is -7.36. The van der Waals surface area contributed by atoms with Gasteiger partial charge in [-0.15, -0.1) is 0 Å². The van der Waals surface area contributed by atoms with E-state index < -0.39 is 0 Å². The van der Waals surface area contributed by atoms with Crippen molar-refractivity contribution in [3.63, 3.8) is 0 Å². The van der Waals surface area contributed by atoms with E-state index in [1.54, 1.807) is 0 Å². The zero-order valence-corrected chi connectivity index (χ0v) is 29.8. The summed E-state index contributed by atoms with van der Waals surface area (Å²) in [7, 11) is 0. The van der Waals surface area contributed by atoms with Crippen molar-refractivity contribution in [1.82, 2.24) is 0 Å². The summed E-state index contributed by atoms with van der Waals surface area (Å²) in [5.74, 6) is 0. The normalized spacial score (nSPS) is 11.6. The first kappa shape index (κ1) is 31.2. The number of rotatable bonds is 6. The van der Waals surface area contributed by atoms with Crippen LogP contribution in [0, 0.1) is 0 Å². The summed E-state index contributed by atoms with van der Waals surface area (Å²) in [6.07, 6.45) is 0. The van der Waals surface area contributed by atoms with Crippen LogP contribution in [0.4, 0.5) is 17.1 Å². The molecule has 0 N–H and O–H groups in total. The van der Waals surface area contributed by atoms with Crippen molar-refractivity contribution in [2.75, 3.05) is 4.90 Å². The van der Waals surface area contributed by atoms with Crippen molar-refractivity contribution in [2.24, 2.45) is 0 Å². The van der Waals surface area contributed by atoms with Crippen LogP contribution in [-0.2, 0) is 0 Å². The number of nitrogens with zero attached hydrogens (tertiary/aromatic N) is 1. The predicted octanol–water partition coefficient (Wildman–Crippen LogP) is 15.1. The molecule has 258 valence electrons. The molecular weight excluding hydrogens is 671 g/mol. The molecule has 0 atom stereocenters. The van der Waals surface area contributed by atoms with Crippen LogP contribution >= 0.6 is 0 Å². The van der Waals surface area contributed by atoms with Crippen LogP contribution < -0.4 is 4.90 Å². The molecule has 3 heteroatoms. The lowest BCUT2D eigenvalue weighted by atomic mass is 9.93. The Labute approximate surface area is 317 Å². The molecule has 0 fully saturated rings. The van der Waals surface area contributed by atoms with Gasteiger partial charge in [0.15, 0.2) is 0 Å². The first-order valence-electron chi connectivity index (χ1n) is 18.7. The molecule has 11 aromatic rings. The average Bonchev–Trinajstić information content (AvgIpc) is 3.83. The number of hydrogen-bond donors (Lipinski definition) is 0. The lowest BCUT2D eigenvalue weighted by molar-refractivity contribution is 0.663. The van der Waals surface area contributed by atoms with Crippen molar-refractivity contribution in [1.29, 1.82) is 0 Å². The highest BCUT2D eigenvalue weighted by Crippen LogP contribution is 2.46. The van der Waals surface area contributed by atoms with E-state index in [4.69, 9.17) is 8.83 Å². The van der Waals surface area contributed by atoms with E-state index in [2.05, 4.69) is 181 Å². The summed E-state index contributed by atoms with van der Waals surface area (Å²) in [4.78, 5) is 2.35. The Balaban J connectivity index is 1.04. The summed E-state index contributed by atoms with van der Waals surface area (Å²) in [6.45, 7) is 0. The maximum Gasteiger partial charge on any atom is 0.136 e. The van der Waals surface area contributed by atoms with Crippen molar-refractivity contribution >= 4 is 71.7 Å². The molecule has 0 bridgehead atoms. The molecule has 0 radical (unpaired) electrons. The van der Waals surface area contributed by atoms with Gasteiger partial charge < -0.3 is 13.7 Å². The average molecular weight is 704 g/mol. The number of fused-ring (bicyclic) bond motifs is 9. The van der Waals surface area contributed by atoms with Crippen LogP contribution in [0.5, 0.6) is 0 Å². The Kier molecular flexibility index (Phi) is 7.17. The van der Waals surface area contributed by atoms with Gasteiger partial charge in [0.2, 0.25) is 0 Å². The second-order valence-corrected chi connectivity index (χ2v) is 14.0. The molecule has 55 heavy (non-hydrogen) atoms. The Morgan fingerprint density at radius 2 is 0.800 bits per heavy atom. The van der Waals surface area contributed by atoms with E-state index in [0.717, 1.165) is 83.0 Å². The van der Waals surface area contributed by atoms with Gasteiger partial charge >= 0.3 is 0 Å². The molecule has 0 saturated carbocycles. The highest BCUT2D eigenvalue weighted by molar-refractivity contribution is 6.31. The summed E-state index contributed by atoms with van der Waals surface area (Å²) < 4.78 is 13.0. The van der Waals surface area contributed by atoms with Gasteiger partial charge in [-0.25, -0.2) is 0 Å². The van der Waals surface area contributed by atoms with Gasteiger partial charge in [-0.05, 0) is 93.2 Å². The zero-order valence-electron chi connectivity index (χ0n) is 29.8. The van der Waals surface area contributed by atoms with Crippen LogP contribution in [0.15, 0.2) is 209 Å². The van der Waals surface area contributed by atoms with Gasteiger partial charge in [0.1, 0.15) is 22.3 Å². The zero-order chi connectivity index (χ0) is 36.3. The van der Waals surface area contributed by atoms with Gasteiger partial charge in [-0.3, -0.25) is 0 Å². The van der Waals surface area contributed by atoms with Crippen molar-refractivity contribution < 1.29 is 8.83 Å². The number of hydrogen-bond acceptors (Lipinski definition) is 3. The molecule has 2 aromatic heterocycles. The maximum absolute atomic E-state index is 6.66. The minimum Gasteiger partial charge on any atom is -0.456 e. The molecule has 0 amide bonds. The van der Waals surface area contributed by atoms with Crippen molar-refractivity contribution in [2.45, 2.75) is 0 Å². The second kappa shape index (κ2) is 12.6. The molecule has 11 rings (SSSR count).